The van der Waals surface area contributed by atoms with Crippen LogP contribution in [0, 0.1) is 12.7 Å². The number of nitrogens with one attached hydrogen (secondary N) is 1. The van der Waals surface area contributed by atoms with Gasteiger partial charge in [0.25, 0.3) is 0 Å². The zero-order valence-electron chi connectivity index (χ0n) is 11.7. The number of para-hydroxylation sites is 1. The molecule has 1 aliphatic heterocycles. The molecule has 0 bridgehead atoms. The van der Waals surface area contributed by atoms with Crippen molar-refractivity contribution < 1.29 is 4.39 Å². The Balaban J connectivity index is 1.90. The molecule has 0 atom stereocenters. The van der Waals surface area contributed by atoms with Crippen LogP contribution in [0.25, 0.3) is 0 Å². The maximum absolute atomic E-state index is 14.2. The van der Waals surface area contributed by atoms with Crippen molar-refractivity contribution in [3.63, 3.8) is 0 Å². The molecule has 1 saturated heterocycles. The van der Waals surface area contributed by atoms with E-state index in [4.69, 9.17) is 0 Å². The van der Waals surface area contributed by atoms with E-state index >= 15 is 0 Å². The minimum absolute atomic E-state index is 0.0740. The van der Waals surface area contributed by atoms with E-state index in [1.807, 2.05) is 13.0 Å². The van der Waals surface area contributed by atoms with Crippen molar-refractivity contribution in [3.05, 3.63) is 29.6 Å². The quantitative estimate of drug-likeness (QED) is 0.836. The van der Waals surface area contributed by atoms with Gasteiger partial charge in [0, 0.05) is 18.6 Å². The first-order valence-electron chi connectivity index (χ1n) is 7.45. The van der Waals surface area contributed by atoms with Gasteiger partial charge in [-0.2, -0.15) is 0 Å². The van der Waals surface area contributed by atoms with Crippen LogP contribution in [0.2, 0.25) is 0 Å². The molecule has 1 heterocycles. The third kappa shape index (κ3) is 2.48. The van der Waals surface area contributed by atoms with Gasteiger partial charge in [0.2, 0.25) is 0 Å². The molecule has 1 spiro atoms. The molecule has 1 N–H and O–H groups in total. The summed E-state index contributed by atoms with van der Waals surface area (Å²) in [7, 11) is 0. The van der Waals surface area contributed by atoms with E-state index < -0.39 is 0 Å². The third-order valence-electron chi connectivity index (χ3n) is 4.66. The average Bonchev–Trinajstić information content (AvgIpc) is 2.72. The Morgan fingerprint density at radius 3 is 2.74 bits per heavy atom. The Bertz CT molecular complexity index is 432. The van der Waals surface area contributed by atoms with Gasteiger partial charge in [-0.05, 0) is 44.4 Å². The van der Waals surface area contributed by atoms with Crippen LogP contribution in [0.3, 0.4) is 0 Å². The number of benzene rings is 1. The van der Waals surface area contributed by atoms with E-state index in [0.29, 0.717) is 0 Å². The number of anilines is 1. The lowest BCUT2D eigenvalue weighted by molar-refractivity contribution is 0.354. The highest BCUT2D eigenvalue weighted by atomic mass is 19.1. The standard InChI is InChI=1S/C16H23FN2/c1-13-6-4-7-14(17)15(13)19-11-5-10-18-16(12-19)8-2-3-9-16/h4,6-7,18H,2-3,5,8-12H2,1H3. The Hall–Kier alpha value is -1.09. The minimum Gasteiger partial charge on any atom is -0.367 e. The summed E-state index contributed by atoms with van der Waals surface area (Å²) >= 11 is 0. The van der Waals surface area contributed by atoms with Crippen molar-refractivity contribution in [1.82, 2.24) is 5.32 Å². The largest absolute Gasteiger partial charge is 0.367 e. The van der Waals surface area contributed by atoms with E-state index in [-0.39, 0.29) is 11.4 Å². The second kappa shape index (κ2) is 5.12. The Morgan fingerprint density at radius 2 is 2.00 bits per heavy atom. The summed E-state index contributed by atoms with van der Waals surface area (Å²) in [6.45, 7) is 4.98. The SMILES string of the molecule is Cc1cccc(F)c1N1CCCNC2(CCCC2)C1. The van der Waals surface area contributed by atoms with Crippen LogP contribution in [0.1, 0.15) is 37.7 Å². The van der Waals surface area contributed by atoms with E-state index in [0.717, 1.165) is 37.3 Å². The second-order valence-electron chi connectivity index (χ2n) is 6.09. The summed E-state index contributed by atoms with van der Waals surface area (Å²) in [6.07, 6.45) is 6.16. The van der Waals surface area contributed by atoms with Gasteiger partial charge in [-0.15, -0.1) is 0 Å². The van der Waals surface area contributed by atoms with E-state index in [2.05, 4.69) is 10.2 Å². The number of nitrogens with zero attached hydrogens (tertiary/aromatic N) is 1. The number of hydrogen-bond donors (Lipinski definition) is 1. The fraction of sp³-hybridized carbons (Fsp3) is 0.625. The molecular weight excluding hydrogens is 239 g/mol. The van der Waals surface area contributed by atoms with Gasteiger partial charge in [0.15, 0.2) is 0 Å². The molecule has 19 heavy (non-hydrogen) atoms. The molecule has 2 nitrogen and oxygen atoms in total. The van der Waals surface area contributed by atoms with Crippen molar-refractivity contribution in [3.8, 4) is 0 Å². The van der Waals surface area contributed by atoms with Crippen LogP contribution in [0.15, 0.2) is 18.2 Å². The molecule has 0 unspecified atom stereocenters. The molecule has 1 aliphatic carbocycles. The van der Waals surface area contributed by atoms with Crippen LogP contribution in [0.4, 0.5) is 10.1 Å². The first kappa shape index (κ1) is 12.9. The van der Waals surface area contributed by atoms with Gasteiger partial charge >= 0.3 is 0 Å². The van der Waals surface area contributed by atoms with Crippen molar-refractivity contribution in [2.24, 2.45) is 0 Å². The van der Waals surface area contributed by atoms with Crippen LogP contribution in [-0.4, -0.2) is 25.2 Å². The van der Waals surface area contributed by atoms with Crippen molar-refractivity contribution >= 4 is 5.69 Å². The van der Waals surface area contributed by atoms with Crippen LogP contribution < -0.4 is 10.2 Å². The first-order valence-corrected chi connectivity index (χ1v) is 7.45. The highest BCUT2D eigenvalue weighted by molar-refractivity contribution is 5.55. The maximum atomic E-state index is 14.2. The Labute approximate surface area is 115 Å². The lowest BCUT2D eigenvalue weighted by atomic mass is 9.96. The molecule has 0 aromatic heterocycles. The smallest absolute Gasteiger partial charge is 0.146 e. The zero-order valence-corrected chi connectivity index (χ0v) is 11.7. The summed E-state index contributed by atoms with van der Waals surface area (Å²) < 4.78 is 14.2. The molecule has 3 rings (SSSR count). The van der Waals surface area contributed by atoms with Crippen LogP contribution in [0.5, 0.6) is 0 Å². The molecule has 2 fully saturated rings. The lowest BCUT2D eigenvalue weighted by Gasteiger charge is -2.35. The normalized spacial score (nSPS) is 22.7. The van der Waals surface area contributed by atoms with Crippen LogP contribution in [-0.2, 0) is 0 Å². The van der Waals surface area contributed by atoms with E-state index in [1.165, 1.54) is 25.7 Å². The van der Waals surface area contributed by atoms with Crippen LogP contribution >= 0.6 is 0 Å². The second-order valence-corrected chi connectivity index (χ2v) is 6.09. The summed E-state index contributed by atoms with van der Waals surface area (Å²) in [5, 5.41) is 3.73. The van der Waals surface area contributed by atoms with Gasteiger partial charge in [-0.25, -0.2) is 4.39 Å². The number of aryl methyl sites for hydroxylation is 1. The predicted molar refractivity (Wildman–Crippen MR) is 77.2 cm³/mol. The van der Waals surface area contributed by atoms with Gasteiger partial charge in [0.05, 0.1) is 5.69 Å². The molecule has 0 amide bonds. The molecule has 2 aliphatic rings. The van der Waals surface area contributed by atoms with Gasteiger partial charge in [-0.3, -0.25) is 0 Å². The fourth-order valence-electron chi connectivity index (χ4n) is 3.72. The van der Waals surface area contributed by atoms with Crippen molar-refractivity contribution in [2.45, 2.75) is 44.6 Å². The van der Waals surface area contributed by atoms with Crippen molar-refractivity contribution in [1.29, 1.82) is 0 Å². The predicted octanol–water partition coefficient (Wildman–Crippen LogP) is 3.25. The van der Waals surface area contributed by atoms with Gasteiger partial charge < -0.3 is 10.2 Å². The molecule has 104 valence electrons. The summed E-state index contributed by atoms with van der Waals surface area (Å²) in [5.41, 5.74) is 2.10. The number of rotatable bonds is 1. The molecule has 3 heteroatoms. The van der Waals surface area contributed by atoms with Crippen molar-refractivity contribution in [2.75, 3.05) is 24.5 Å². The molecule has 1 saturated carbocycles. The lowest BCUT2D eigenvalue weighted by Crippen LogP contribution is -2.49. The highest BCUT2D eigenvalue weighted by Crippen LogP contribution is 2.34. The zero-order chi connectivity index (χ0) is 13.3. The summed E-state index contributed by atoms with van der Waals surface area (Å²) in [4.78, 5) is 2.27. The van der Waals surface area contributed by atoms with E-state index in [9.17, 15) is 4.39 Å². The topological polar surface area (TPSA) is 15.3 Å². The molecule has 1 aromatic rings. The minimum atomic E-state index is -0.0740. The van der Waals surface area contributed by atoms with Gasteiger partial charge in [-0.1, -0.05) is 25.0 Å². The molecule has 0 radical (unpaired) electrons. The van der Waals surface area contributed by atoms with Gasteiger partial charge in [0.1, 0.15) is 5.82 Å². The third-order valence-corrected chi connectivity index (χ3v) is 4.66. The first-order chi connectivity index (χ1) is 9.20. The van der Waals surface area contributed by atoms with E-state index in [1.54, 1.807) is 12.1 Å². The Morgan fingerprint density at radius 1 is 1.21 bits per heavy atom. The Kier molecular flexibility index (Phi) is 3.48. The monoisotopic (exact) mass is 262 g/mol. The number of halogens is 1. The average molecular weight is 262 g/mol. The maximum Gasteiger partial charge on any atom is 0.146 e. The number of hydrogen-bond acceptors (Lipinski definition) is 2. The fourth-order valence-corrected chi connectivity index (χ4v) is 3.72. The molecular formula is C16H23FN2. The summed E-state index contributed by atoms with van der Waals surface area (Å²) in [5.74, 6) is -0.0740. The highest BCUT2D eigenvalue weighted by Gasteiger charge is 2.37. The molecule has 1 aromatic carbocycles. The summed E-state index contributed by atoms with van der Waals surface area (Å²) in [6, 6.07) is 5.40.